The summed E-state index contributed by atoms with van der Waals surface area (Å²) in [5.74, 6) is 0. The molecule has 2 saturated heterocycles. The lowest BCUT2D eigenvalue weighted by molar-refractivity contribution is 0.205. The lowest BCUT2D eigenvalue weighted by Crippen LogP contribution is -2.46. The first kappa shape index (κ1) is 18.2. The molecule has 0 aliphatic carbocycles. The number of anilines is 2. The van der Waals surface area contributed by atoms with E-state index >= 15 is 0 Å². The van der Waals surface area contributed by atoms with Crippen LogP contribution >= 0.6 is 11.6 Å². The Balaban J connectivity index is 1.47. The molecule has 1 spiro atoms. The van der Waals surface area contributed by atoms with E-state index in [0.29, 0.717) is 22.0 Å². The number of aryl methyl sites for hydroxylation is 1. The Labute approximate surface area is 167 Å². The normalized spacial score (nSPS) is 21.5. The molecule has 0 aromatic heterocycles. The molecular formula is C23H26ClN3. The van der Waals surface area contributed by atoms with Gasteiger partial charge >= 0.3 is 0 Å². The van der Waals surface area contributed by atoms with E-state index in [2.05, 4.69) is 54.0 Å². The molecule has 4 heteroatoms. The number of benzene rings is 2. The van der Waals surface area contributed by atoms with Crippen LogP contribution in [0.2, 0.25) is 5.02 Å². The first-order valence-corrected chi connectivity index (χ1v) is 10.2. The van der Waals surface area contributed by atoms with Crippen LogP contribution in [0.15, 0.2) is 42.5 Å². The third-order valence-electron chi connectivity index (χ3n) is 6.77. The van der Waals surface area contributed by atoms with Crippen molar-refractivity contribution in [2.24, 2.45) is 5.41 Å². The highest BCUT2D eigenvalue weighted by molar-refractivity contribution is 6.32. The second-order valence-electron chi connectivity index (χ2n) is 8.08. The van der Waals surface area contributed by atoms with E-state index in [-0.39, 0.29) is 0 Å². The molecule has 0 N–H and O–H groups in total. The summed E-state index contributed by atoms with van der Waals surface area (Å²) in [6.07, 6.45) is 3.68. The first-order valence-electron chi connectivity index (χ1n) is 9.80. The summed E-state index contributed by atoms with van der Waals surface area (Å²) in [6.45, 7) is 7.80. The number of nitriles is 1. The zero-order valence-electron chi connectivity index (χ0n) is 16.1. The van der Waals surface area contributed by atoms with Gasteiger partial charge in [-0.3, -0.25) is 0 Å². The van der Waals surface area contributed by atoms with E-state index < -0.39 is 0 Å². The highest BCUT2D eigenvalue weighted by atomic mass is 35.5. The van der Waals surface area contributed by atoms with Gasteiger partial charge in [-0.25, -0.2) is 0 Å². The molecule has 0 radical (unpaired) electrons. The third-order valence-corrected chi connectivity index (χ3v) is 7.08. The van der Waals surface area contributed by atoms with Crippen molar-refractivity contribution in [1.29, 1.82) is 5.26 Å². The second kappa shape index (κ2) is 7.09. The SMILES string of the molecule is Cc1ccc(N2CCC3(CC2)CCN(c2ccc(C#N)c(Cl)c2)C3C)cc1. The monoisotopic (exact) mass is 379 g/mol. The summed E-state index contributed by atoms with van der Waals surface area (Å²) in [5.41, 5.74) is 4.73. The van der Waals surface area contributed by atoms with Crippen LogP contribution in [0.3, 0.4) is 0 Å². The molecule has 27 heavy (non-hydrogen) atoms. The van der Waals surface area contributed by atoms with Crippen LogP contribution in [0, 0.1) is 23.7 Å². The predicted octanol–water partition coefficient (Wildman–Crippen LogP) is 5.41. The molecule has 2 aromatic rings. The van der Waals surface area contributed by atoms with Crippen molar-refractivity contribution < 1.29 is 0 Å². The maximum absolute atomic E-state index is 9.11. The summed E-state index contributed by atoms with van der Waals surface area (Å²) in [5, 5.41) is 9.66. The Morgan fingerprint density at radius 3 is 2.26 bits per heavy atom. The second-order valence-corrected chi connectivity index (χ2v) is 8.49. The van der Waals surface area contributed by atoms with Gasteiger partial charge in [0, 0.05) is 37.1 Å². The smallest absolute Gasteiger partial charge is 0.101 e. The van der Waals surface area contributed by atoms with Gasteiger partial charge in [0.2, 0.25) is 0 Å². The van der Waals surface area contributed by atoms with Crippen molar-refractivity contribution >= 4 is 23.0 Å². The molecule has 2 aromatic carbocycles. The molecule has 1 unspecified atom stereocenters. The molecule has 2 aliphatic heterocycles. The fourth-order valence-electron chi connectivity index (χ4n) is 4.84. The molecule has 1 atom stereocenters. The Kier molecular flexibility index (Phi) is 4.78. The van der Waals surface area contributed by atoms with Crippen LogP contribution in [0.25, 0.3) is 0 Å². The van der Waals surface area contributed by atoms with Gasteiger partial charge in [0.25, 0.3) is 0 Å². The van der Waals surface area contributed by atoms with Gasteiger partial charge in [-0.1, -0.05) is 29.3 Å². The number of hydrogen-bond donors (Lipinski definition) is 0. The van der Waals surface area contributed by atoms with Crippen molar-refractivity contribution in [1.82, 2.24) is 0 Å². The largest absolute Gasteiger partial charge is 0.371 e. The van der Waals surface area contributed by atoms with E-state index in [1.807, 2.05) is 18.2 Å². The maximum atomic E-state index is 9.11. The molecule has 3 nitrogen and oxygen atoms in total. The Morgan fingerprint density at radius 1 is 1.00 bits per heavy atom. The minimum absolute atomic E-state index is 0.377. The van der Waals surface area contributed by atoms with Crippen LogP contribution < -0.4 is 9.80 Å². The topological polar surface area (TPSA) is 30.3 Å². The van der Waals surface area contributed by atoms with Gasteiger partial charge in [0.15, 0.2) is 0 Å². The minimum Gasteiger partial charge on any atom is -0.371 e. The average Bonchev–Trinajstić information content (AvgIpc) is 2.99. The lowest BCUT2D eigenvalue weighted by atomic mass is 9.73. The summed E-state index contributed by atoms with van der Waals surface area (Å²) in [7, 11) is 0. The fraction of sp³-hybridized carbons (Fsp3) is 0.435. The zero-order valence-corrected chi connectivity index (χ0v) is 16.8. The van der Waals surface area contributed by atoms with E-state index in [9.17, 15) is 0 Å². The van der Waals surface area contributed by atoms with Gasteiger partial charge < -0.3 is 9.80 Å². The molecular weight excluding hydrogens is 354 g/mol. The van der Waals surface area contributed by atoms with Gasteiger partial charge in [0.05, 0.1) is 10.6 Å². The number of halogens is 1. The van der Waals surface area contributed by atoms with E-state index in [4.69, 9.17) is 16.9 Å². The van der Waals surface area contributed by atoms with Gasteiger partial charge in [-0.15, -0.1) is 0 Å². The van der Waals surface area contributed by atoms with Crippen LogP contribution in [0.1, 0.15) is 37.3 Å². The molecule has 2 aliphatic rings. The highest BCUT2D eigenvalue weighted by Crippen LogP contribution is 2.47. The van der Waals surface area contributed by atoms with Crippen molar-refractivity contribution in [2.45, 2.75) is 39.2 Å². The Bertz CT molecular complexity index is 860. The number of nitrogens with zero attached hydrogens (tertiary/aromatic N) is 3. The van der Waals surface area contributed by atoms with Gasteiger partial charge in [-0.2, -0.15) is 5.26 Å². The summed E-state index contributed by atoms with van der Waals surface area (Å²) in [6, 6.07) is 17.4. The first-order chi connectivity index (χ1) is 13.0. The third kappa shape index (κ3) is 3.28. The molecule has 0 bridgehead atoms. The maximum Gasteiger partial charge on any atom is 0.101 e. The number of piperidine rings is 1. The Hall–Kier alpha value is -2.18. The highest BCUT2D eigenvalue weighted by Gasteiger charge is 2.46. The zero-order chi connectivity index (χ0) is 19.0. The fourth-order valence-corrected chi connectivity index (χ4v) is 5.05. The molecule has 2 fully saturated rings. The summed E-state index contributed by atoms with van der Waals surface area (Å²) in [4.78, 5) is 5.01. The predicted molar refractivity (Wildman–Crippen MR) is 113 cm³/mol. The van der Waals surface area contributed by atoms with Gasteiger partial charge in [-0.05, 0) is 68.9 Å². The lowest BCUT2D eigenvalue weighted by Gasteiger charge is -2.44. The van der Waals surface area contributed by atoms with E-state index in [1.165, 1.54) is 30.5 Å². The van der Waals surface area contributed by atoms with Crippen LogP contribution in [-0.4, -0.2) is 25.7 Å². The van der Waals surface area contributed by atoms with Crippen molar-refractivity contribution in [3.8, 4) is 6.07 Å². The van der Waals surface area contributed by atoms with Crippen LogP contribution in [0.5, 0.6) is 0 Å². The van der Waals surface area contributed by atoms with Crippen molar-refractivity contribution in [2.75, 3.05) is 29.4 Å². The van der Waals surface area contributed by atoms with Gasteiger partial charge in [0.1, 0.15) is 6.07 Å². The van der Waals surface area contributed by atoms with Crippen LogP contribution in [-0.2, 0) is 0 Å². The molecule has 0 saturated carbocycles. The Morgan fingerprint density at radius 2 is 1.63 bits per heavy atom. The van der Waals surface area contributed by atoms with E-state index in [0.717, 1.165) is 25.3 Å². The number of hydrogen-bond acceptors (Lipinski definition) is 3. The number of rotatable bonds is 2. The summed E-state index contributed by atoms with van der Waals surface area (Å²) >= 11 is 6.28. The summed E-state index contributed by atoms with van der Waals surface area (Å²) < 4.78 is 0. The minimum atomic E-state index is 0.377. The van der Waals surface area contributed by atoms with Crippen molar-refractivity contribution in [3.63, 3.8) is 0 Å². The molecule has 2 heterocycles. The van der Waals surface area contributed by atoms with E-state index in [1.54, 1.807) is 0 Å². The molecule has 0 amide bonds. The standard InChI is InChI=1S/C23H26ClN3/c1-17-3-6-20(7-4-17)26-12-9-23(10-13-26)11-14-27(18(23)2)21-8-5-19(16-25)22(24)15-21/h3-8,15,18H,9-14H2,1-2H3. The molecule has 4 rings (SSSR count). The quantitative estimate of drug-likeness (QED) is 0.699. The molecule has 140 valence electrons. The average molecular weight is 380 g/mol. The van der Waals surface area contributed by atoms with Crippen molar-refractivity contribution in [3.05, 3.63) is 58.6 Å². The van der Waals surface area contributed by atoms with Crippen LogP contribution in [0.4, 0.5) is 11.4 Å².